The number of aliphatic hydroxyl groups is 1. The van der Waals surface area contributed by atoms with Crippen molar-refractivity contribution in [3.8, 4) is 11.5 Å². The van der Waals surface area contributed by atoms with Crippen LogP contribution in [0, 0.1) is 0 Å². The zero-order valence-electron chi connectivity index (χ0n) is 11.5. The van der Waals surface area contributed by atoms with Crippen molar-refractivity contribution in [2.24, 2.45) is 0 Å². The SMILES string of the molecule is OCC1CCCCCN1Cc1cc(Cl)c2c(c1)OCO2. The average Bonchev–Trinajstić information content (AvgIpc) is 2.80. The summed E-state index contributed by atoms with van der Waals surface area (Å²) >= 11 is 6.22. The summed E-state index contributed by atoms with van der Waals surface area (Å²) in [7, 11) is 0. The van der Waals surface area contributed by atoms with Crippen LogP contribution in [0.1, 0.15) is 31.2 Å². The molecule has 0 aromatic heterocycles. The van der Waals surface area contributed by atoms with Crippen LogP contribution in [-0.2, 0) is 6.54 Å². The fourth-order valence-electron chi connectivity index (χ4n) is 3.00. The first-order chi connectivity index (χ1) is 9.78. The maximum Gasteiger partial charge on any atom is 0.231 e. The van der Waals surface area contributed by atoms with Gasteiger partial charge in [-0.2, -0.15) is 0 Å². The molecule has 1 saturated heterocycles. The van der Waals surface area contributed by atoms with E-state index in [1.807, 2.05) is 12.1 Å². The van der Waals surface area contributed by atoms with Crippen LogP contribution in [0.3, 0.4) is 0 Å². The third-order valence-corrected chi connectivity index (χ3v) is 4.36. The maximum absolute atomic E-state index is 9.56. The molecule has 1 fully saturated rings. The number of hydrogen-bond donors (Lipinski definition) is 1. The van der Waals surface area contributed by atoms with Crippen LogP contribution in [0.4, 0.5) is 0 Å². The fraction of sp³-hybridized carbons (Fsp3) is 0.600. The van der Waals surface area contributed by atoms with Gasteiger partial charge in [-0.1, -0.05) is 24.4 Å². The molecule has 2 aliphatic rings. The first kappa shape index (κ1) is 14.0. The van der Waals surface area contributed by atoms with E-state index in [9.17, 15) is 5.11 Å². The van der Waals surface area contributed by atoms with Gasteiger partial charge in [0, 0.05) is 12.6 Å². The molecule has 2 heterocycles. The second-order valence-electron chi connectivity index (χ2n) is 5.47. The number of fused-ring (bicyclic) bond motifs is 1. The van der Waals surface area contributed by atoms with Crippen molar-refractivity contribution in [1.82, 2.24) is 4.90 Å². The molecule has 0 aliphatic carbocycles. The Bertz CT molecular complexity index is 480. The molecular formula is C15H20ClNO3. The number of halogens is 1. The van der Waals surface area contributed by atoms with E-state index in [2.05, 4.69) is 4.90 Å². The predicted octanol–water partition coefficient (Wildman–Crippen LogP) is 2.81. The van der Waals surface area contributed by atoms with Gasteiger partial charge in [-0.25, -0.2) is 0 Å². The van der Waals surface area contributed by atoms with Crippen molar-refractivity contribution in [1.29, 1.82) is 0 Å². The van der Waals surface area contributed by atoms with Crippen LogP contribution in [0.15, 0.2) is 12.1 Å². The molecule has 2 aliphatic heterocycles. The topological polar surface area (TPSA) is 41.9 Å². The molecule has 3 rings (SSSR count). The molecule has 1 atom stereocenters. The van der Waals surface area contributed by atoms with Gasteiger partial charge in [-0.05, 0) is 37.1 Å². The monoisotopic (exact) mass is 297 g/mol. The lowest BCUT2D eigenvalue weighted by atomic mass is 10.1. The Morgan fingerprint density at radius 2 is 2.15 bits per heavy atom. The number of rotatable bonds is 3. The van der Waals surface area contributed by atoms with Crippen LogP contribution in [-0.4, -0.2) is 36.0 Å². The molecule has 0 radical (unpaired) electrons. The summed E-state index contributed by atoms with van der Waals surface area (Å²) in [5, 5.41) is 10.2. The number of aliphatic hydroxyl groups excluding tert-OH is 1. The molecule has 0 spiro atoms. The van der Waals surface area contributed by atoms with Crippen LogP contribution in [0.25, 0.3) is 0 Å². The molecular weight excluding hydrogens is 278 g/mol. The summed E-state index contributed by atoms with van der Waals surface area (Å²) in [5.74, 6) is 1.37. The van der Waals surface area contributed by atoms with E-state index in [1.165, 1.54) is 19.3 Å². The lowest BCUT2D eigenvalue weighted by molar-refractivity contribution is 0.118. The first-order valence-electron chi connectivity index (χ1n) is 7.21. The summed E-state index contributed by atoms with van der Waals surface area (Å²) in [5.41, 5.74) is 1.11. The highest BCUT2D eigenvalue weighted by Gasteiger charge is 2.23. The van der Waals surface area contributed by atoms with Crippen molar-refractivity contribution >= 4 is 11.6 Å². The normalized spacial score (nSPS) is 22.8. The molecule has 1 aromatic carbocycles. The zero-order valence-corrected chi connectivity index (χ0v) is 12.2. The number of ether oxygens (including phenoxy) is 2. The van der Waals surface area contributed by atoms with E-state index in [0.29, 0.717) is 10.8 Å². The van der Waals surface area contributed by atoms with Crippen molar-refractivity contribution in [2.75, 3.05) is 19.9 Å². The van der Waals surface area contributed by atoms with E-state index in [0.717, 1.165) is 30.8 Å². The second kappa shape index (κ2) is 6.20. The number of hydrogen-bond acceptors (Lipinski definition) is 4. The largest absolute Gasteiger partial charge is 0.454 e. The zero-order chi connectivity index (χ0) is 13.9. The average molecular weight is 298 g/mol. The number of likely N-dealkylation sites (tertiary alicyclic amines) is 1. The minimum atomic E-state index is 0.221. The summed E-state index contributed by atoms with van der Waals surface area (Å²) in [4.78, 5) is 2.35. The van der Waals surface area contributed by atoms with Gasteiger partial charge in [0.15, 0.2) is 11.5 Å². The molecule has 4 nitrogen and oxygen atoms in total. The minimum Gasteiger partial charge on any atom is -0.454 e. The van der Waals surface area contributed by atoms with E-state index in [-0.39, 0.29) is 19.4 Å². The van der Waals surface area contributed by atoms with Crippen molar-refractivity contribution in [3.63, 3.8) is 0 Å². The van der Waals surface area contributed by atoms with Crippen molar-refractivity contribution in [2.45, 2.75) is 38.3 Å². The summed E-state index contributed by atoms with van der Waals surface area (Å²) in [6.45, 7) is 2.28. The highest BCUT2D eigenvalue weighted by Crippen LogP contribution is 2.40. The molecule has 110 valence electrons. The lowest BCUT2D eigenvalue weighted by Gasteiger charge is -2.28. The molecule has 0 amide bonds. The molecule has 5 heteroatoms. The predicted molar refractivity (Wildman–Crippen MR) is 77.3 cm³/mol. The smallest absolute Gasteiger partial charge is 0.231 e. The maximum atomic E-state index is 9.56. The molecule has 1 unspecified atom stereocenters. The Morgan fingerprint density at radius 1 is 1.25 bits per heavy atom. The third-order valence-electron chi connectivity index (χ3n) is 4.08. The van der Waals surface area contributed by atoms with Gasteiger partial charge in [-0.15, -0.1) is 0 Å². The van der Waals surface area contributed by atoms with E-state index in [1.54, 1.807) is 0 Å². The van der Waals surface area contributed by atoms with Gasteiger partial charge in [0.05, 0.1) is 11.6 Å². The Hall–Kier alpha value is -0.970. The minimum absolute atomic E-state index is 0.221. The highest BCUT2D eigenvalue weighted by molar-refractivity contribution is 6.32. The molecule has 20 heavy (non-hydrogen) atoms. The van der Waals surface area contributed by atoms with Gasteiger partial charge >= 0.3 is 0 Å². The molecule has 1 aromatic rings. The van der Waals surface area contributed by atoms with Gasteiger partial charge < -0.3 is 14.6 Å². The van der Waals surface area contributed by atoms with Crippen LogP contribution in [0.5, 0.6) is 11.5 Å². The van der Waals surface area contributed by atoms with Gasteiger partial charge in [0.1, 0.15) is 0 Å². The molecule has 0 saturated carbocycles. The standard InChI is InChI=1S/C15H20ClNO3/c16-13-6-11(7-14-15(13)20-10-19-14)8-17-5-3-1-2-4-12(17)9-18/h6-7,12,18H,1-5,8-10H2. The van der Waals surface area contributed by atoms with Gasteiger partial charge in [0.2, 0.25) is 6.79 Å². The van der Waals surface area contributed by atoms with Crippen molar-refractivity contribution < 1.29 is 14.6 Å². The Morgan fingerprint density at radius 3 is 3.00 bits per heavy atom. The fourth-order valence-corrected chi connectivity index (χ4v) is 3.29. The van der Waals surface area contributed by atoms with E-state index < -0.39 is 0 Å². The number of nitrogens with zero attached hydrogens (tertiary/aromatic N) is 1. The molecule has 0 bridgehead atoms. The van der Waals surface area contributed by atoms with Crippen LogP contribution < -0.4 is 9.47 Å². The van der Waals surface area contributed by atoms with Gasteiger partial charge in [-0.3, -0.25) is 4.90 Å². The van der Waals surface area contributed by atoms with Gasteiger partial charge in [0.25, 0.3) is 0 Å². The van der Waals surface area contributed by atoms with Crippen LogP contribution >= 0.6 is 11.6 Å². The Labute approximate surface area is 124 Å². The lowest BCUT2D eigenvalue weighted by Crippen LogP contribution is -2.36. The summed E-state index contributed by atoms with van der Waals surface area (Å²) < 4.78 is 10.7. The Balaban J connectivity index is 1.77. The summed E-state index contributed by atoms with van der Waals surface area (Å²) in [6.07, 6.45) is 4.70. The quantitative estimate of drug-likeness (QED) is 0.931. The van der Waals surface area contributed by atoms with Crippen LogP contribution in [0.2, 0.25) is 5.02 Å². The Kier molecular flexibility index (Phi) is 4.34. The van der Waals surface area contributed by atoms with Crippen molar-refractivity contribution in [3.05, 3.63) is 22.7 Å². The van der Waals surface area contributed by atoms with E-state index in [4.69, 9.17) is 21.1 Å². The number of benzene rings is 1. The summed E-state index contributed by atoms with van der Waals surface area (Å²) in [6, 6.07) is 4.18. The van der Waals surface area contributed by atoms with E-state index >= 15 is 0 Å². The second-order valence-corrected chi connectivity index (χ2v) is 5.87. The third kappa shape index (κ3) is 2.87. The highest BCUT2D eigenvalue weighted by atomic mass is 35.5. The first-order valence-corrected chi connectivity index (χ1v) is 7.58. The molecule has 1 N–H and O–H groups in total.